The van der Waals surface area contributed by atoms with E-state index in [0.29, 0.717) is 38.9 Å². The molecule has 4 rings (SSSR count). The number of hydrogen-bond donors (Lipinski definition) is 1. The predicted octanol–water partition coefficient (Wildman–Crippen LogP) is 8.01. The highest BCUT2D eigenvalue weighted by atomic mass is 79.9. The number of anilines is 1. The summed E-state index contributed by atoms with van der Waals surface area (Å²) in [6.45, 7) is 4.28. The summed E-state index contributed by atoms with van der Waals surface area (Å²) in [5, 5.41) is 15.2. The van der Waals surface area contributed by atoms with Gasteiger partial charge in [0.15, 0.2) is 11.5 Å². The fourth-order valence-electron chi connectivity index (χ4n) is 3.93. The van der Waals surface area contributed by atoms with Crippen LogP contribution >= 0.6 is 27.5 Å². The number of nitrogens with zero attached hydrogens (tertiary/aromatic N) is 1. The molecule has 1 amide bonds. The van der Waals surface area contributed by atoms with E-state index in [1.165, 1.54) is 6.08 Å². The molecule has 0 unspecified atom stereocenters. The number of ether oxygens (including phenoxy) is 2. The van der Waals surface area contributed by atoms with Crippen LogP contribution in [0.2, 0.25) is 5.02 Å². The summed E-state index contributed by atoms with van der Waals surface area (Å²) >= 11 is 9.71. The van der Waals surface area contributed by atoms with Gasteiger partial charge in [0, 0.05) is 16.3 Å². The van der Waals surface area contributed by atoms with Crippen molar-refractivity contribution in [1.29, 1.82) is 5.26 Å². The number of methoxy groups -OCH3 is 1. The van der Waals surface area contributed by atoms with Gasteiger partial charge >= 0.3 is 0 Å². The second-order valence-electron chi connectivity index (χ2n) is 8.49. The highest BCUT2D eigenvalue weighted by Crippen LogP contribution is 2.38. The van der Waals surface area contributed by atoms with Gasteiger partial charge in [0.25, 0.3) is 5.91 Å². The van der Waals surface area contributed by atoms with Crippen LogP contribution in [0.1, 0.15) is 22.3 Å². The first kappa shape index (κ1) is 26.3. The van der Waals surface area contributed by atoms with Crippen molar-refractivity contribution in [2.75, 3.05) is 12.4 Å². The SMILES string of the molecule is COc1cc(/C=C(\C#N)C(=O)Nc2ccc(C)c(Cl)c2)cc(Br)c1OCc1c(C)ccc2ccccc12. The highest BCUT2D eigenvalue weighted by Gasteiger charge is 2.16. The van der Waals surface area contributed by atoms with Gasteiger partial charge in [-0.05, 0) is 87.6 Å². The molecule has 0 aliphatic rings. The lowest BCUT2D eigenvalue weighted by atomic mass is 10.0. The molecular formula is C30H24BrClN2O3. The molecule has 5 nitrogen and oxygen atoms in total. The maximum Gasteiger partial charge on any atom is 0.266 e. The van der Waals surface area contributed by atoms with Crippen molar-refractivity contribution in [3.8, 4) is 17.6 Å². The summed E-state index contributed by atoms with van der Waals surface area (Å²) in [5.41, 5.74) is 4.17. The van der Waals surface area contributed by atoms with Crippen molar-refractivity contribution >= 4 is 56.0 Å². The van der Waals surface area contributed by atoms with E-state index in [1.807, 2.05) is 25.1 Å². The summed E-state index contributed by atoms with van der Waals surface area (Å²) in [6.07, 6.45) is 1.50. The minimum Gasteiger partial charge on any atom is -0.493 e. The maximum absolute atomic E-state index is 12.7. The Labute approximate surface area is 229 Å². The summed E-state index contributed by atoms with van der Waals surface area (Å²) in [7, 11) is 1.55. The Morgan fingerprint density at radius 1 is 1.08 bits per heavy atom. The number of amides is 1. The van der Waals surface area contributed by atoms with Crippen molar-refractivity contribution in [1.82, 2.24) is 0 Å². The van der Waals surface area contributed by atoms with Crippen LogP contribution in [-0.2, 0) is 11.4 Å². The van der Waals surface area contributed by atoms with Crippen molar-refractivity contribution in [3.63, 3.8) is 0 Å². The van der Waals surface area contributed by atoms with Gasteiger partial charge in [0.1, 0.15) is 18.2 Å². The van der Waals surface area contributed by atoms with Gasteiger partial charge < -0.3 is 14.8 Å². The van der Waals surface area contributed by atoms with Crippen molar-refractivity contribution in [3.05, 3.63) is 104 Å². The van der Waals surface area contributed by atoms with E-state index < -0.39 is 5.91 Å². The number of hydrogen-bond acceptors (Lipinski definition) is 4. The van der Waals surface area contributed by atoms with Crippen LogP contribution in [-0.4, -0.2) is 13.0 Å². The third kappa shape index (κ3) is 5.96. The molecule has 186 valence electrons. The zero-order chi connectivity index (χ0) is 26.5. The van der Waals surface area contributed by atoms with Crippen molar-refractivity contribution in [2.24, 2.45) is 0 Å². The minimum atomic E-state index is -0.538. The largest absolute Gasteiger partial charge is 0.493 e. The zero-order valence-electron chi connectivity index (χ0n) is 20.6. The Hall–Kier alpha value is -3.79. The standard InChI is InChI=1S/C30H24BrClN2O3/c1-18-8-10-21-6-4-5-7-24(21)25(18)17-37-29-26(31)13-20(14-28(29)36-3)12-22(16-33)30(35)34-23-11-9-19(2)27(32)15-23/h4-15H,17H2,1-3H3,(H,34,35)/b22-12+. The number of nitrogens with one attached hydrogen (secondary N) is 1. The lowest BCUT2D eigenvalue weighted by Crippen LogP contribution is -2.13. The third-order valence-corrected chi connectivity index (χ3v) is 6.99. The molecule has 0 atom stereocenters. The smallest absolute Gasteiger partial charge is 0.266 e. The Kier molecular flexibility index (Phi) is 8.17. The van der Waals surface area contributed by atoms with Gasteiger partial charge in [0.05, 0.1) is 11.6 Å². The molecule has 0 fully saturated rings. The fraction of sp³-hybridized carbons (Fsp3) is 0.133. The molecule has 4 aromatic rings. The second-order valence-corrected chi connectivity index (χ2v) is 9.75. The van der Waals surface area contributed by atoms with Crippen LogP contribution in [0.25, 0.3) is 16.8 Å². The summed E-state index contributed by atoms with van der Waals surface area (Å²) < 4.78 is 12.4. The number of nitriles is 1. The molecule has 0 saturated heterocycles. The van der Waals surface area contributed by atoms with Gasteiger partial charge in [-0.2, -0.15) is 5.26 Å². The van der Waals surface area contributed by atoms with Gasteiger partial charge in [-0.1, -0.05) is 54.1 Å². The van der Waals surface area contributed by atoms with E-state index in [2.05, 4.69) is 52.4 Å². The molecule has 0 bridgehead atoms. The molecule has 0 saturated carbocycles. The van der Waals surface area contributed by atoms with Crippen LogP contribution in [0.15, 0.2) is 76.8 Å². The molecule has 0 spiro atoms. The van der Waals surface area contributed by atoms with E-state index in [-0.39, 0.29) is 5.57 Å². The van der Waals surface area contributed by atoms with Gasteiger partial charge in [-0.15, -0.1) is 0 Å². The average molecular weight is 576 g/mol. The minimum absolute atomic E-state index is 0.0642. The number of aryl methyl sites for hydroxylation is 2. The van der Waals surface area contributed by atoms with E-state index in [1.54, 1.807) is 37.4 Å². The third-order valence-electron chi connectivity index (χ3n) is 5.99. The molecular weight excluding hydrogens is 552 g/mol. The van der Waals surface area contributed by atoms with Crippen LogP contribution in [0.4, 0.5) is 5.69 Å². The van der Waals surface area contributed by atoms with Crippen LogP contribution in [0, 0.1) is 25.2 Å². The quantitative estimate of drug-likeness (QED) is 0.179. The molecule has 7 heteroatoms. The van der Waals surface area contributed by atoms with Gasteiger partial charge in [-0.3, -0.25) is 4.79 Å². The van der Waals surface area contributed by atoms with E-state index in [4.69, 9.17) is 21.1 Å². The first-order valence-electron chi connectivity index (χ1n) is 11.5. The first-order chi connectivity index (χ1) is 17.8. The average Bonchev–Trinajstić information content (AvgIpc) is 2.89. The molecule has 1 N–H and O–H groups in total. The molecule has 0 aliphatic carbocycles. The van der Waals surface area contributed by atoms with Crippen LogP contribution in [0.5, 0.6) is 11.5 Å². The maximum atomic E-state index is 12.7. The Morgan fingerprint density at radius 3 is 2.57 bits per heavy atom. The first-order valence-corrected chi connectivity index (χ1v) is 12.6. The molecule has 0 aromatic heterocycles. The number of halogens is 2. The monoisotopic (exact) mass is 574 g/mol. The normalized spacial score (nSPS) is 11.2. The highest BCUT2D eigenvalue weighted by molar-refractivity contribution is 9.10. The molecule has 4 aromatic carbocycles. The topological polar surface area (TPSA) is 71.3 Å². The zero-order valence-corrected chi connectivity index (χ0v) is 22.9. The van der Waals surface area contributed by atoms with E-state index in [0.717, 1.165) is 27.5 Å². The van der Waals surface area contributed by atoms with Crippen molar-refractivity contribution < 1.29 is 14.3 Å². The Bertz CT molecular complexity index is 1570. The second kappa shape index (κ2) is 11.5. The Morgan fingerprint density at radius 2 is 1.84 bits per heavy atom. The molecule has 0 radical (unpaired) electrons. The number of rotatable bonds is 7. The summed E-state index contributed by atoms with van der Waals surface area (Å²) in [6, 6.07) is 23.0. The lowest BCUT2D eigenvalue weighted by Gasteiger charge is -2.16. The summed E-state index contributed by atoms with van der Waals surface area (Å²) in [4.78, 5) is 12.7. The van der Waals surface area contributed by atoms with E-state index >= 15 is 0 Å². The lowest BCUT2D eigenvalue weighted by molar-refractivity contribution is -0.112. The van der Waals surface area contributed by atoms with Crippen LogP contribution < -0.4 is 14.8 Å². The number of carbonyl (C=O) groups is 1. The van der Waals surface area contributed by atoms with Gasteiger partial charge in [0.2, 0.25) is 0 Å². The van der Waals surface area contributed by atoms with E-state index in [9.17, 15) is 10.1 Å². The van der Waals surface area contributed by atoms with Crippen molar-refractivity contribution in [2.45, 2.75) is 20.5 Å². The molecule has 37 heavy (non-hydrogen) atoms. The molecule has 0 aliphatic heterocycles. The van der Waals surface area contributed by atoms with Gasteiger partial charge in [-0.25, -0.2) is 0 Å². The molecule has 0 heterocycles. The number of carbonyl (C=O) groups excluding carboxylic acids is 1. The predicted molar refractivity (Wildman–Crippen MR) is 152 cm³/mol. The van der Waals surface area contributed by atoms with Crippen LogP contribution in [0.3, 0.4) is 0 Å². The summed E-state index contributed by atoms with van der Waals surface area (Å²) in [5.74, 6) is 0.468. The number of benzene rings is 4. The number of fused-ring (bicyclic) bond motifs is 1. The fourth-order valence-corrected chi connectivity index (χ4v) is 4.68. The Balaban J connectivity index is 1.59.